The van der Waals surface area contributed by atoms with Crippen molar-refractivity contribution in [2.45, 2.75) is 13.8 Å². The fourth-order valence-corrected chi connectivity index (χ4v) is 2.44. The summed E-state index contributed by atoms with van der Waals surface area (Å²) in [5, 5.41) is 0.680. The van der Waals surface area contributed by atoms with Crippen LogP contribution in [0.3, 0.4) is 0 Å². The molecule has 9 heteroatoms. The number of rotatable bonds is 5. The second-order valence-corrected chi connectivity index (χ2v) is 6.11. The molecule has 4 N–H and O–H groups in total. The van der Waals surface area contributed by atoms with E-state index in [1.54, 1.807) is 24.3 Å². The molecule has 0 aliphatic heterocycles. The van der Waals surface area contributed by atoms with Gasteiger partial charge in [-0.3, -0.25) is 20.6 Å². The summed E-state index contributed by atoms with van der Waals surface area (Å²) in [6.45, 7) is 3.76. The molecule has 0 radical (unpaired) electrons. The number of nitrogens with two attached hydrogens (primary N) is 1. The highest BCUT2D eigenvalue weighted by Gasteiger charge is 2.13. The van der Waals surface area contributed by atoms with Gasteiger partial charge in [0.1, 0.15) is 17.8 Å². The van der Waals surface area contributed by atoms with Crippen molar-refractivity contribution in [3.8, 4) is 11.6 Å². The fourth-order valence-electron chi connectivity index (χ4n) is 2.33. The van der Waals surface area contributed by atoms with Crippen molar-refractivity contribution >= 4 is 29.0 Å². The van der Waals surface area contributed by atoms with Crippen LogP contribution in [0.4, 0.5) is 11.5 Å². The van der Waals surface area contributed by atoms with Gasteiger partial charge in [-0.15, -0.1) is 0 Å². The fraction of sp³-hybridized carbons (Fsp3) is 0.111. The van der Waals surface area contributed by atoms with Crippen molar-refractivity contribution in [3.63, 3.8) is 0 Å². The number of halogens is 1. The first kappa shape index (κ1) is 18.4. The summed E-state index contributed by atoms with van der Waals surface area (Å²) < 4.78 is 5.76. The maximum Gasteiger partial charge on any atom is 0.269 e. The largest absolute Gasteiger partial charge is 0.437 e. The quantitative estimate of drug-likeness (QED) is 0.578. The van der Waals surface area contributed by atoms with Crippen molar-refractivity contribution in [1.82, 2.24) is 20.4 Å². The number of nitrogens with one attached hydrogen (secondary N) is 2. The van der Waals surface area contributed by atoms with Gasteiger partial charge in [0, 0.05) is 23.0 Å². The molecule has 0 aliphatic carbocycles. The van der Waals surface area contributed by atoms with Gasteiger partial charge in [-0.25, -0.2) is 4.98 Å². The molecular weight excluding hydrogens is 368 g/mol. The Morgan fingerprint density at radius 1 is 1.15 bits per heavy atom. The molecule has 138 valence electrons. The summed E-state index contributed by atoms with van der Waals surface area (Å²) in [5.74, 6) is 0.560. The average molecular weight is 385 g/mol. The Bertz CT molecular complexity index is 958. The van der Waals surface area contributed by atoms with E-state index < -0.39 is 0 Å². The van der Waals surface area contributed by atoms with E-state index in [4.69, 9.17) is 22.1 Å². The molecule has 0 saturated heterocycles. The summed E-state index contributed by atoms with van der Waals surface area (Å²) in [6.07, 6.45) is 4.33. The molecule has 8 nitrogen and oxygen atoms in total. The van der Waals surface area contributed by atoms with E-state index in [1.165, 1.54) is 18.7 Å². The van der Waals surface area contributed by atoms with E-state index in [0.717, 1.165) is 11.1 Å². The van der Waals surface area contributed by atoms with Crippen LogP contribution in [0.15, 0.2) is 43.0 Å². The first-order valence-electron chi connectivity index (χ1n) is 7.97. The third-order valence-electron chi connectivity index (χ3n) is 3.71. The number of aryl methyl sites for hydroxylation is 2. The van der Waals surface area contributed by atoms with Crippen molar-refractivity contribution in [2.24, 2.45) is 0 Å². The predicted molar refractivity (Wildman–Crippen MR) is 103 cm³/mol. The highest BCUT2D eigenvalue weighted by molar-refractivity contribution is 6.32. The zero-order valence-electron chi connectivity index (χ0n) is 14.7. The number of nitrogen functional groups attached to an aromatic ring is 1. The summed E-state index contributed by atoms with van der Waals surface area (Å²) in [6, 6.07) is 6.74. The lowest BCUT2D eigenvalue weighted by atomic mass is 10.1. The van der Waals surface area contributed by atoms with E-state index in [9.17, 15) is 4.79 Å². The number of amides is 1. The number of anilines is 2. The Balaban J connectivity index is 1.75. The van der Waals surface area contributed by atoms with Gasteiger partial charge in [0.15, 0.2) is 5.82 Å². The highest BCUT2D eigenvalue weighted by atomic mass is 35.5. The van der Waals surface area contributed by atoms with E-state index in [0.29, 0.717) is 16.3 Å². The zero-order valence-corrected chi connectivity index (χ0v) is 15.4. The van der Waals surface area contributed by atoms with Crippen LogP contribution < -0.4 is 21.3 Å². The number of carbonyl (C=O) groups excluding carboxylic acids is 1. The molecule has 3 aromatic rings. The second-order valence-electron chi connectivity index (χ2n) is 5.73. The maximum absolute atomic E-state index is 12.1. The van der Waals surface area contributed by atoms with Gasteiger partial charge in [-0.2, -0.15) is 4.98 Å². The molecule has 1 amide bonds. The Kier molecular flexibility index (Phi) is 5.37. The van der Waals surface area contributed by atoms with Gasteiger partial charge < -0.3 is 10.5 Å². The molecule has 3 rings (SSSR count). The number of hydrazine groups is 1. The first-order chi connectivity index (χ1) is 13.0. The van der Waals surface area contributed by atoms with E-state index >= 15 is 0 Å². The number of carbonyl (C=O) groups is 1. The average Bonchev–Trinajstić information content (AvgIpc) is 2.67. The van der Waals surface area contributed by atoms with Crippen LogP contribution in [-0.2, 0) is 0 Å². The van der Waals surface area contributed by atoms with Gasteiger partial charge >= 0.3 is 0 Å². The maximum atomic E-state index is 12.1. The Labute approximate surface area is 160 Å². The molecule has 0 spiro atoms. The van der Waals surface area contributed by atoms with Crippen LogP contribution in [0.5, 0.6) is 11.6 Å². The summed E-state index contributed by atoms with van der Waals surface area (Å²) in [4.78, 5) is 24.0. The normalized spacial score (nSPS) is 10.3. The molecule has 0 fully saturated rings. The third kappa shape index (κ3) is 4.24. The minimum atomic E-state index is -0.359. The Morgan fingerprint density at radius 2 is 1.81 bits per heavy atom. The number of hydrogen-bond acceptors (Lipinski definition) is 7. The molecular formula is C18H17ClN6O2. The molecule has 0 bridgehead atoms. The Morgan fingerprint density at radius 3 is 2.48 bits per heavy atom. The number of benzene rings is 1. The van der Waals surface area contributed by atoms with E-state index in [1.807, 2.05) is 13.8 Å². The molecule has 0 saturated carbocycles. The highest BCUT2D eigenvalue weighted by Crippen LogP contribution is 2.32. The zero-order chi connectivity index (χ0) is 19.4. The lowest BCUT2D eigenvalue weighted by Gasteiger charge is -2.13. The molecule has 2 aromatic heterocycles. The van der Waals surface area contributed by atoms with Gasteiger partial charge in [-0.05, 0) is 49.2 Å². The van der Waals surface area contributed by atoms with Crippen LogP contribution in [0.1, 0.15) is 21.5 Å². The van der Waals surface area contributed by atoms with Crippen LogP contribution in [0.25, 0.3) is 0 Å². The standard InChI is InChI=1S/C18H17ClN6O2/c1-10-7-13(8-11(2)14(10)19)27-18-15(20)16(22-9-23-18)24-25-17(26)12-3-5-21-6-4-12/h3-9H,20H2,1-2H3,(H,25,26)(H,22,23,24). The smallest absolute Gasteiger partial charge is 0.269 e. The molecule has 0 aliphatic rings. The van der Waals surface area contributed by atoms with E-state index in [2.05, 4.69) is 25.8 Å². The topological polar surface area (TPSA) is 115 Å². The van der Waals surface area contributed by atoms with Crippen LogP contribution in [-0.4, -0.2) is 20.9 Å². The van der Waals surface area contributed by atoms with Crippen LogP contribution >= 0.6 is 11.6 Å². The van der Waals surface area contributed by atoms with E-state index in [-0.39, 0.29) is 23.3 Å². The second kappa shape index (κ2) is 7.88. The monoisotopic (exact) mass is 384 g/mol. The lowest BCUT2D eigenvalue weighted by molar-refractivity contribution is 0.0962. The summed E-state index contributed by atoms with van der Waals surface area (Å²) in [5.41, 5.74) is 13.6. The summed E-state index contributed by atoms with van der Waals surface area (Å²) in [7, 11) is 0. The number of nitrogens with zero attached hydrogens (tertiary/aromatic N) is 3. The summed E-state index contributed by atoms with van der Waals surface area (Å²) >= 11 is 6.17. The van der Waals surface area contributed by atoms with Crippen molar-refractivity contribution in [2.75, 3.05) is 11.2 Å². The van der Waals surface area contributed by atoms with Gasteiger partial charge in [0.2, 0.25) is 5.88 Å². The SMILES string of the molecule is Cc1cc(Oc2ncnc(NNC(=O)c3ccncc3)c2N)cc(C)c1Cl. The predicted octanol–water partition coefficient (Wildman–Crippen LogP) is 3.27. The van der Waals surface area contributed by atoms with Gasteiger partial charge in [-0.1, -0.05) is 11.6 Å². The van der Waals surface area contributed by atoms with Crippen molar-refractivity contribution in [1.29, 1.82) is 0 Å². The number of hydrogen-bond donors (Lipinski definition) is 3. The minimum absolute atomic E-state index is 0.151. The van der Waals surface area contributed by atoms with Crippen molar-refractivity contribution < 1.29 is 9.53 Å². The third-order valence-corrected chi connectivity index (χ3v) is 4.30. The number of pyridine rings is 1. The molecule has 27 heavy (non-hydrogen) atoms. The first-order valence-corrected chi connectivity index (χ1v) is 8.35. The van der Waals surface area contributed by atoms with Gasteiger partial charge in [0.25, 0.3) is 5.91 Å². The molecule has 2 heterocycles. The van der Waals surface area contributed by atoms with Crippen LogP contribution in [0, 0.1) is 13.8 Å². The Hall–Kier alpha value is -3.39. The molecule has 0 unspecified atom stereocenters. The van der Waals surface area contributed by atoms with Gasteiger partial charge in [0.05, 0.1) is 0 Å². The lowest BCUT2D eigenvalue weighted by Crippen LogP contribution is -2.30. The molecule has 1 aromatic carbocycles. The number of ether oxygens (including phenoxy) is 1. The minimum Gasteiger partial charge on any atom is -0.437 e. The number of aromatic nitrogens is 3. The van der Waals surface area contributed by atoms with Crippen molar-refractivity contribution in [3.05, 3.63) is 64.7 Å². The molecule has 0 atom stereocenters. The van der Waals surface area contributed by atoms with Crippen LogP contribution in [0.2, 0.25) is 5.02 Å².